The van der Waals surface area contributed by atoms with Crippen LogP contribution in [0.3, 0.4) is 0 Å². The summed E-state index contributed by atoms with van der Waals surface area (Å²) in [6.45, 7) is 0. The molecule has 16 heavy (non-hydrogen) atoms. The predicted molar refractivity (Wildman–Crippen MR) is 62.3 cm³/mol. The molecule has 0 radical (unpaired) electrons. The average Bonchev–Trinajstić information content (AvgIpc) is 2.81. The Labute approximate surface area is 91.3 Å². The summed E-state index contributed by atoms with van der Waals surface area (Å²) >= 11 is 0. The number of benzene rings is 1. The fourth-order valence-electron chi connectivity index (χ4n) is 1.75. The summed E-state index contributed by atoms with van der Waals surface area (Å²) in [5.41, 5.74) is 1.63. The van der Waals surface area contributed by atoms with E-state index in [4.69, 9.17) is 4.42 Å². The number of para-hydroxylation sites is 1. The molecule has 0 amide bonds. The van der Waals surface area contributed by atoms with Crippen LogP contribution in [0.2, 0.25) is 0 Å². The van der Waals surface area contributed by atoms with Gasteiger partial charge in [-0.25, -0.2) is 4.79 Å². The van der Waals surface area contributed by atoms with E-state index in [2.05, 4.69) is 4.98 Å². The van der Waals surface area contributed by atoms with Gasteiger partial charge in [0.15, 0.2) is 0 Å². The first kappa shape index (κ1) is 8.97. The smallest absolute Gasteiger partial charge is 0.345 e. The maximum Gasteiger partial charge on any atom is 0.345 e. The fourth-order valence-corrected chi connectivity index (χ4v) is 1.75. The molecule has 0 saturated heterocycles. The summed E-state index contributed by atoms with van der Waals surface area (Å²) in [6.07, 6.45) is 1.78. The maximum atomic E-state index is 11.7. The van der Waals surface area contributed by atoms with Crippen molar-refractivity contribution in [3.63, 3.8) is 0 Å². The molecule has 2 heterocycles. The van der Waals surface area contributed by atoms with E-state index >= 15 is 0 Å². The molecule has 3 aromatic rings. The second-order valence-corrected chi connectivity index (χ2v) is 3.57. The summed E-state index contributed by atoms with van der Waals surface area (Å²) < 4.78 is 5.24. The van der Waals surface area contributed by atoms with Gasteiger partial charge in [0.1, 0.15) is 5.58 Å². The summed E-state index contributed by atoms with van der Waals surface area (Å²) in [4.78, 5) is 14.7. The minimum absolute atomic E-state index is 0.318. The van der Waals surface area contributed by atoms with Crippen LogP contribution in [0.4, 0.5) is 0 Å². The summed E-state index contributed by atoms with van der Waals surface area (Å²) in [7, 11) is 0. The van der Waals surface area contributed by atoms with Gasteiger partial charge in [-0.3, -0.25) is 0 Å². The van der Waals surface area contributed by atoms with E-state index < -0.39 is 0 Å². The van der Waals surface area contributed by atoms with Gasteiger partial charge >= 0.3 is 5.63 Å². The third-order valence-electron chi connectivity index (χ3n) is 2.53. The zero-order valence-corrected chi connectivity index (χ0v) is 8.44. The van der Waals surface area contributed by atoms with Crippen LogP contribution in [0.1, 0.15) is 0 Å². The number of aromatic amines is 1. The first-order valence-corrected chi connectivity index (χ1v) is 5.01. The van der Waals surface area contributed by atoms with Crippen LogP contribution in [0.5, 0.6) is 0 Å². The molecule has 0 bridgehead atoms. The van der Waals surface area contributed by atoms with E-state index in [-0.39, 0.29) is 5.63 Å². The molecule has 2 aromatic heterocycles. The third-order valence-corrected chi connectivity index (χ3v) is 2.53. The Bertz CT molecular complexity index is 680. The molecular formula is C13H9NO2. The maximum absolute atomic E-state index is 11.7. The van der Waals surface area contributed by atoms with E-state index in [1.165, 1.54) is 0 Å². The lowest BCUT2D eigenvalue weighted by molar-refractivity contribution is 0.563. The largest absolute Gasteiger partial charge is 0.422 e. The Balaban J connectivity index is 2.34. The van der Waals surface area contributed by atoms with Gasteiger partial charge in [-0.05, 0) is 24.3 Å². The standard InChI is InChI=1S/C13H9NO2/c15-13-10(11-5-3-7-14-11)8-9-4-1-2-6-12(9)16-13/h1-8,14H. The van der Waals surface area contributed by atoms with E-state index in [1.807, 2.05) is 36.4 Å². The Morgan fingerprint density at radius 3 is 2.75 bits per heavy atom. The monoisotopic (exact) mass is 211 g/mol. The number of hydrogen-bond acceptors (Lipinski definition) is 2. The minimum atomic E-state index is -0.318. The van der Waals surface area contributed by atoms with Gasteiger partial charge in [0, 0.05) is 11.6 Å². The highest BCUT2D eigenvalue weighted by atomic mass is 16.4. The molecule has 0 aliphatic carbocycles. The van der Waals surface area contributed by atoms with Crippen LogP contribution >= 0.6 is 0 Å². The SMILES string of the molecule is O=c1oc2ccccc2cc1-c1ccc[nH]1. The van der Waals surface area contributed by atoms with Crippen molar-refractivity contribution in [2.75, 3.05) is 0 Å². The van der Waals surface area contributed by atoms with Crippen LogP contribution in [-0.2, 0) is 0 Å². The number of aromatic nitrogens is 1. The molecule has 3 rings (SSSR count). The first-order chi connectivity index (χ1) is 7.84. The predicted octanol–water partition coefficient (Wildman–Crippen LogP) is 2.79. The van der Waals surface area contributed by atoms with Crippen LogP contribution in [0.25, 0.3) is 22.2 Å². The highest BCUT2D eigenvalue weighted by Crippen LogP contribution is 2.18. The zero-order chi connectivity index (χ0) is 11.0. The Kier molecular flexibility index (Phi) is 1.90. The van der Waals surface area contributed by atoms with Crippen molar-refractivity contribution in [1.82, 2.24) is 4.98 Å². The average molecular weight is 211 g/mol. The van der Waals surface area contributed by atoms with E-state index in [1.54, 1.807) is 12.3 Å². The van der Waals surface area contributed by atoms with E-state index in [0.29, 0.717) is 11.1 Å². The van der Waals surface area contributed by atoms with Crippen molar-refractivity contribution in [2.45, 2.75) is 0 Å². The van der Waals surface area contributed by atoms with E-state index in [0.717, 1.165) is 11.1 Å². The lowest BCUT2D eigenvalue weighted by atomic mass is 10.1. The minimum Gasteiger partial charge on any atom is -0.422 e. The number of fused-ring (bicyclic) bond motifs is 1. The zero-order valence-electron chi connectivity index (χ0n) is 8.44. The Morgan fingerprint density at radius 2 is 1.94 bits per heavy atom. The van der Waals surface area contributed by atoms with Gasteiger partial charge in [0.2, 0.25) is 0 Å². The lowest BCUT2D eigenvalue weighted by Gasteiger charge is -1.99. The van der Waals surface area contributed by atoms with Gasteiger partial charge < -0.3 is 9.40 Å². The van der Waals surface area contributed by atoms with Crippen molar-refractivity contribution in [2.24, 2.45) is 0 Å². The molecule has 3 heteroatoms. The topological polar surface area (TPSA) is 46.0 Å². The highest BCUT2D eigenvalue weighted by Gasteiger charge is 2.07. The molecule has 1 aromatic carbocycles. The molecule has 0 aliphatic heterocycles. The van der Waals surface area contributed by atoms with Crippen LogP contribution in [0, 0.1) is 0 Å². The second kappa shape index (κ2) is 3.38. The molecule has 3 nitrogen and oxygen atoms in total. The number of hydrogen-bond donors (Lipinski definition) is 1. The number of rotatable bonds is 1. The molecule has 0 saturated carbocycles. The second-order valence-electron chi connectivity index (χ2n) is 3.57. The molecular weight excluding hydrogens is 202 g/mol. The molecule has 0 unspecified atom stereocenters. The van der Waals surface area contributed by atoms with Gasteiger partial charge in [-0.2, -0.15) is 0 Å². The third kappa shape index (κ3) is 1.34. The Morgan fingerprint density at radius 1 is 1.06 bits per heavy atom. The molecule has 0 aliphatic rings. The molecule has 1 N–H and O–H groups in total. The normalized spacial score (nSPS) is 10.8. The van der Waals surface area contributed by atoms with Gasteiger partial charge in [-0.15, -0.1) is 0 Å². The van der Waals surface area contributed by atoms with Crippen molar-refractivity contribution >= 4 is 11.0 Å². The van der Waals surface area contributed by atoms with Gasteiger partial charge in [0.25, 0.3) is 0 Å². The molecule has 0 spiro atoms. The van der Waals surface area contributed by atoms with Crippen molar-refractivity contribution in [1.29, 1.82) is 0 Å². The van der Waals surface area contributed by atoms with Crippen molar-refractivity contribution in [3.8, 4) is 11.3 Å². The summed E-state index contributed by atoms with van der Waals surface area (Å²) in [5.74, 6) is 0. The fraction of sp³-hybridized carbons (Fsp3) is 0. The van der Waals surface area contributed by atoms with Crippen molar-refractivity contribution < 1.29 is 4.42 Å². The molecule has 0 atom stereocenters. The first-order valence-electron chi connectivity index (χ1n) is 5.01. The molecule has 0 fully saturated rings. The van der Waals surface area contributed by atoms with Crippen LogP contribution < -0.4 is 5.63 Å². The van der Waals surface area contributed by atoms with Crippen molar-refractivity contribution in [3.05, 3.63) is 59.1 Å². The van der Waals surface area contributed by atoms with Gasteiger partial charge in [-0.1, -0.05) is 18.2 Å². The summed E-state index contributed by atoms with van der Waals surface area (Å²) in [6, 6.07) is 13.0. The van der Waals surface area contributed by atoms with Crippen LogP contribution in [-0.4, -0.2) is 4.98 Å². The molecule has 78 valence electrons. The number of H-pyrrole nitrogens is 1. The highest BCUT2D eigenvalue weighted by molar-refractivity contribution is 5.80. The van der Waals surface area contributed by atoms with Crippen LogP contribution in [0.15, 0.2) is 57.9 Å². The van der Waals surface area contributed by atoms with E-state index in [9.17, 15) is 4.79 Å². The Hall–Kier alpha value is -2.29. The summed E-state index contributed by atoms with van der Waals surface area (Å²) in [5, 5.41) is 0.923. The quantitative estimate of drug-likeness (QED) is 0.629. The number of nitrogens with one attached hydrogen (secondary N) is 1. The lowest BCUT2D eigenvalue weighted by Crippen LogP contribution is -2.02. The van der Waals surface area contributed by atoms with Gasteiger partial charge in [0.05, 0.1) is 11.3 Å².